The lowest BCUT2D eigenvalue weighted by Crippen LogP contribution is -2.32. The van der Waals surface area contributed by atoms with Gasteiger partial charge in [0.2, 0.25) is 5.76 Å². The highest BCUT2D eigenvalue weighted by Crippen LogP contribution is 2.38. The number of halogens is 1. The van der Waals surface area contributed by atoms with Gasteiger partial charge in [-0.1, -0.05) is 23.7 Å². The molecule has 2 aromatic carbocycles. The number of ether oxygens (including phenoxy) is 1. The maximum Gasteiger partial charge on any atom is 0.290 e. The van der Waals surface area contributed by atoms with Crippen LogP contribution >= 0.6 is 11.6 Å². The van der Waals surface area contributed by atoms with Gasteiger partial charge in [0.25, 0.3) is 5.91 Å². The molecule has 1 atom stereocenters. The minimum Gasteiger partial charge on any atom is -0.497 e. The molecule has 0 aliphatic carbocycles. The molecule has 0 bridgehead atoms. The van der Waals surface area contributed by atoms with E-state index >= 15 is 0 Å². The van der Waals surface area contributed by atoms with Crippen molar-refractivity contribution in [3.8, 4) is 5.75 Å². The molecule has 0 radical (unpaired) electrons. The molecular weight excluding hydrogens is 370 g/mol. The predicted octanol–water partition coefficient (Wildman–Crippen LogP) is 2.99. The summed E-state index contributed by atoms with van der Waals surface area (Å²) < 4.78 is 10.9. The van der Waals surface area contributed by atoms with Gasteiger partial charge >= 0.3 is 0 Å². The van der Waals surface area contributed by atoms with Crippen molar-refractivity contribution in [3.63, 3.8) is 0 Å². The van der Waals surface area contributed by atoms with Gasteiger partial charge in [0.15, 0.2) is 5.43 Å². The third kappa shape index (κ3) is 2.78. The molecule has 0 saturated carbocycles. The Bertz CT molecular complexity index is 1090. The molecule has 0 fully saturated rings. The van der Waals surface area contributed by atoms with E-state index in [0.29, 0.717) is 21.7 Å². The van der Waals surface area contributed by atoms with Crippen LogP contribution in [0.15, 0.2) is 51.7 Å². The quantitative estimate of drug-likeness (QED) is 0.746. The number of aliphatic hydroxyl groups excluding tert-OH is 1. The summed E-state index contributed by atoms with van der Waals surface area (Å²) in [6.07, 6.45) is 0. The number of benzene rings is 2. The highest BCUT2D eigenvalue weighted by atomic mass is 35.5. The Balaban J connectivity index is 1.97. The van der Waals surface area contributed by atoms with E-state index in [1.807, 2.05) is 0 Å². The molecule has 1 N–H and O–H groups in total. The van der Waals surface area contributed by atoms with Gasteiger partial charge in [0.05, 0.1) is 30.7 Å². The monoisotopic (exact) mass is 385 g/mol. The van der Waals surface area contributed by atoms with Gasteiger partial charge in [-0.05, 0) is 35.9 Å². The number of hydrogen-bond acceptors (Lipinski definition) is 5. The van der Waals surface area contributed by atoms with E-state index in [2.05, 4.69) is 0 Å². The van der Waals surface area contributed by atoms with E-state index in [-0.39, 0.29) is 29.9 Å². The van der Waals surface area contributed by atoms with Crippen LogP contribution in [-0.4, -0.2) is 36.2 Å². The number of hydrogen-bond donors (Lipinski definition) is 1. The number of β-amino-alcohol motifs (C(OH)–C–C–N with tert-alkyl or cyclic N) is 1. The fourth-order valence-corrected chi connectivity index (χ4v) is 3.64. The van der Waals surface area contributed by atoms with E-state index in [4.69, 9.17) is 20.8 Å². The lowest BCUT2D eigenvalue weighted by atomic mass is 9.98. The molecule has 0 unspecified atom stereocenters. The zero-order valence-corrected chi connectivity index (χ0v) is 15.2. The van der Waals surface area contributed by atoms with E-state index < -0.39 is 11.9 Å². The molecule has 1 aliphatic rings. The summed E-state index contributed by atoms with van der Waals surface area (Å²) in [4.78, 5) is 27.5. The SMILES string of the molecule is COc1ccc([C@@H]2c3c(oc4ccc(Cl)cc4c3=O)C(=O)N2CCO)cc1. The van der Waals surface area contributed by atoms with E-state index in [9.17, 15) is 14.7 Å². The number of methoxy groups -OCH3 is 1. The third-order valence-corrected chi connectivity index (χ3v) is 4.94. The number of fused-ring (bicyclic) bond motifs is 2. The van der Waals surface area contributed by atoms with E-state index in [1.165, 1.54) is 11.0 Å². The van der Waals surface area contributed by atoms with Gasteiger partial charge in [0, 0.05) is 11.6 Å². The Morgan fingerprint density at radius 2 is 1.93 bits per heavy atom. The Morgan fingerprint density at radius 1 is 1.19 bits per heavy atom. The highest BCUT2D eigenvalue weighted by molar-refractivity contribution is 6.31. The molecule has 1 aromatic heterocycles. The number of rotatable bonds is 4. The highest BCUT2D eigenvalue weighted by Gasteiger charge is 2.42. The van der Waals surface area contributed by atoms with Crippen molar-refractivity contribution in [2.45, 2.75) is 6.04 Å². The Kier molecular flexibility index (Phi) is 4.37. The summed E-state index contributed by atoms with van der Waals surface area (Å²) in [6.45, 7) is -0.151. The van der Waals surface area contributed by atoms with E-state index in [1.54, 1.807) is 43.5 Å². The smallest absolute Gasteiger partial charge is 0.290 e. The topological polar surface area (TPSA) is 80.0 Å². The summed E-state index contributed by atoms with van der Waals surface area (Å²) in [5.74, 6) is 0.243. The molecule has 4 rings (SSSR count). The van der Waals surface area contributed by atoms with Gasteiger partial charge in [-0.15, -0.1) is 0 Å². The molecule has 138 valence electrons. The normalized spacial score (nSPS) is 16.0. The fourth-order valence-electron chi connectivity index (χ4n) is 3.46. The van der Waals surface area contributed by atoms with E-state index in [0.717, 1.165) is 5.56 Å². The average Bonchev–Trinajstić information content (AvgIpc) is 2.95. The maximum atomic E-state index is 13.2. The Morgan fingerprint density at radius 3 is 2.59 bits per heavy atom. The summed E-state index contributed by atoms with van der Waals surface area (Å²) in [5, 5.41) is 10.2. The van der Waals surface area contributed by atoms with Crippen molar-refractivity contribution in [1.82, 2.24) is 4.90 Å². The van der Waals surface area contributed by atoms with Crippen LogP contribution in [0.2, 0.25) is 5.02 Å². The first-order valence-electron chi connectivity index (χ1n) is 8.37. The Hall–Kier alpha value is -2.83. The molecule has 3 aromatic rings. The second kappa shape index (κ2) is 6.72. The first-order valence-corrected chi connectivity index (χ1v) is 8.75. The van der Waals surface area contributed by atoms with Crippen molar-refractivity contribution in [2.24, 2.45) is 0 Å². The molecule has 6 nitrogen and oxygen atoms in total. The summed E-state index contributed by atoms with van der Waals surface area (Å²) in [6, 6.07) is 11.2. The van der Waals surface area contributed by atoms with Gasteiger partial charge < -0.3 is 19.2 Å². The lowest BCUT2D eigenvalue weighted by Gasteiger charge is -2.24. The van der Waals surface area contributed by atoms with Crippen LogP contribution in [0.1, 0.15) is 27.7 Å². The number of aliphatic hydroxyl groups is 1. The minimum atomic E-state index is -0.648. The molecule has 27 heavy (non-hydrogen) atoms. The van der Waals surface area contributed by atoms with Crippen LogP contribution in [-0.2, 0) is 0 Å². The molecule has 7 heteroatoms. The van der Waals surface area contributed by atoms with Crippen molar-refractivity contribution in [2.75, 3.05) is 20.3 Å². The second-order valence-electron chi connectivity index (χ2n) is 6.21. The maximum absolute atomic E-state index is 13.2. The second-order valence-corrected chi connectivity index (χ2v) is 6.65. The first-order chi connectivity index (χ1) is 13.0. The number of amides is 1. The van der Waals surface area contributed by atoms with Crippen molar-refractivity contribution in [1.29, 1.82) is 0 Å². The summed E-state index contributed by atoms with van der Waals surface area (Å²) >= 11 is 6.03. The average molecular weight is 386 g/mol. The van der Waals surface area contributed by atoms with Crippen LogP contribution in [0.25, 0.3) is 11.0 Å². The van der Waals surface area contributed by atoms with Crippen LogP contribution in [0.4, 0.5) is 0 Å². The van der Waals surface area contributed by atoms with Crippen molar-refractivity contribution >= 4 is 28.5 Å². The zero-order chi connectivity index (χ0) is 19.1. The number of nitrogens with zero attached hydrogens (tertiary/aromatic N) is 1. The first kappa shape index (κ1) is 17.6. The summed E-state index contributed by atoms with van der Waals surface area (Å²) in [5.41, 5.74) is 0.984. The molecule has 0 saturated heterocycles. The fraction of sp³-hybridized carbons (Fsp3) is 0.200. The molecule has 0 spiro atoms. The van der Waals surface area contributed by atoms with Gasteiger partial charge in [-0.2, -0.15) is 0 Å². The predicted molar refractivity (Wildman–Crippen MR) is 100 cm³/mol. The van der Waals surface area contributed by atoms with Crippen molar-refractivity contribution in [3.05, 3.63) is 74.6 Å². The van der Waals surface area contributed by atoms with Crippen LogP contribution in [0, 0.1) is 0 Å². The number of carbonyl (C=O) groups is 1. The van der Waals surface area contributed by atoms with Crippen LogP contribution in [0.3, 0.4) is 0 Å². The molecule has 1 amide bonds. The van der Waals surface area contributed by atoms with Crippen LogP contribution in [0.5, 0.6) is 5.75 Å². The summed E-state index contributed by atoms with van der Waals surface area (Å²) in [7, 11) is 1.56. The Labute approximate surface area is 159 Å². The van der Waals surface area contributed by atoms with Gasteiger partial charge in [-0.3, -0.25) is 9.59 Å². The largest absolute Gasteiger partial charge is 0.497 e. The molecular formula is C20H16ClNO5. The third-order valence-electron chi connectivity index (χ3n) is 4.70. The molecule has 1 aliphatic heterocycles. The van der Waals surface area contributed by atoms with Crippen LogP contribution < -0.4 is 10.2 Å². The zero-order valence-electron chi connectivity index (χ0n) is 14.4. The standard InChI is InChI=1S/C20H16ClNO5/c1-26-13-5-2-11(3-6-13)17-16-18(24)14-10-12(21)4-7-15(14)27-19(16)20(25)22(17)8-9-23/h2-7,10,17,23H,8-9H2,1H3/t17-/m1/s1. The molecule has 2 heterocycles. The number of carbonyl (C=O) groups excluding carboxylic acids is 1. The minimum absolute atomic E-state index is 0.00379. The van der Waals surface area contributed by atoms with Gasteiger partial charge in [0.1, 0.15) is 11.3 Å². The lowest BCUT2D eigenvalue weighted by molar-refractivity contribution is 0.0691. The van der Waals surface area contributed by atoms with Gasteiger partial charge in [-0.25, -0.2) is 0 Å². The van der Waals surface area contributed by atoms with Crippen molar-refractivity contribution < 1.29 is 19.1 Å².